The molecule has 2 rings (SSSR count). The summed E-state index contributed by atoms with van der Waals surface area (Å²) in [5.74, 6) is -2.16. The molecule has 134 valence electrons. The summed E-state index contributed by atoms with van der Waals surface area (Å²) >= 11 is 0. The molecule has 1 aliphatic heterocycles. The Morgan fingerprint density at radius 1 is 1.38 bits per heavy atom. The normalized spacial score (nSPS) is 17.7. The molecule has 1 fully saturated rings. The van der Waals surface area contributed by atoms with Gasteiger partial charge in [0.25, 0.3) is 0 Å². The second-order valence-electron chi connectivity index (χ2n) is 5.72. The zero-order valence-electron chi connectivity index (χ0n) is 13.4. The number of rotatable bonds is 6. The third-order valence-electron chi connectivity index (χ3n) is 3.81. The van der Waals surface area contributed by atoms with Gasteiger partial charge >= 0.3 is 0 Å². The minimum Gasteiger partial charge on any atom is -0.354 e. The number of hydrogen-bond acceptors (Lipinski definition) is 3. The Morgan fingerprint density at radius 3 is 2.71 bits per heavy atom. The lowest BCUT2D eigenvalue weighted by Gasteiger charge is -2.19. The highest BCUT2D eigenvalue weighted by molar-refractivity contribution is 5.85. The van der Waals surface area contributed by atoms with Gasteiger partial charge in [0.2, 0.25) is 11.8 Å². The minimum absolute atomic E-state index is 0. The first-order chi connectivity index (χ1) is 11.0. The van der Waals surface area contributed by atoms with Gasteiger partial charge < -0.3 is 16.0 Å². The molecule has 2 unspecified atom stereocenters. The van der Waals surface area contributed by atoms with E-state index in [9.17, 15) is 18.4 Å². The lowest BCUT2D eigenvalue weighted by molar-refractivity contribution is -0.122. The first-order valence-corrected chi connectivity index (χ1v) is 7.68. The predicted molar refractivity (Wildman–Crippen MR) is 88.8 cm³/mol. The summed E-state index contributed by atoms with van der Waals surface area (Å²) in [4.78, 5) is 23.4. The van der Waals surface area contributed by atoms with Gasteiger partial charge in [-0.2, -0.15) is 0 Å². The molecule has 2 atom stereocenters. The molecule has 0 aliphatic carbocycles. The fraction of sp³-hybridized carbons (Fsp3) is 0.500. The second kappa shape index (κ2) is 9.54. The van der Waals surface area contributed by atoms with E-state index in [0.29, 0.717) is 6.54 Å². The van der Waals surface area contributed by atoms with Gasteiger partial charge in [-0.05, 0) is 25.5 Å². The van der Waals surface area contributed by atoms with E-state index in [4.69, 9.17) is 0 Å². The van der Waals surface area contributed by atoms with Crippen LogP contribution in [0, 0.1) is 11.6 Å². The third-order valence-corrected chi connectivity index (χ3v) is 3.81. The molecule has 0 aromatic heterocycles. The first-order valence-electron chi connectivity index (χ1n) is 7.68. The standard InChI is InChI=1S/C16H21F2N3O2.ClH/c1-10(22)21-15(13-5-4-11(17)7-14(13)18)8-16(23)20-9-12-3-2-6-19-12;/h4-5,7,12,15,19H,2-3,6,8-9H2,1H3,(H,20,23)(H,21,22);1H. The van der Waals surface area contributed by atoms with Crippen LogP contribution in [-0.2, 0) is 9.59 Å². The minimum atomic E-state index is -0.829. The number of benzene rings is 1. The Kier molecular flexibility index (Phi) is 8.07. The summed E-state index contributed by atoms with van der Waals surface area (Å²) < 4.78 is 26.9. The lowest BCUT2D eigenvalue weighted by Crippen LogP contribution is -2.39. The van der Waals surface area contributed by atoms with E-state index in [2.05, 4.69) is 16.0 Å². The number of hydrogen-bond donors (Lipinski definition) is 3. The first kappa shape index (κ1) is 20.3. The van der Waals surface area contributed by atoms with Gasteiger partial charge in [-0.25, -0.2) is 8.78 Å². The molecule has 0 spiro atoms. The van der Waals surface area contributed by atoms with Gasteiger partial charge in [0.1, 0.15) is 11.6 Å². The Balaban J connectivity index is 0.00000288. The van der Waals surface area contributed by atoms with Crippen molar-refractivity contribution >= 4 is 24.2 Å². The zero-order valence-corrected chi connectivity index (χ0v) is 14.2. The van der Waals surface area contributed by atoms with Crippen molar-refractivity contribution in [1.82, 2.24) is 16.0 Å². The molecule has 24 heavy (non-hydrogen) atoms. The SMILES string of the molecule is CC(=O)NC(CC(=O)NCC1CCCN1)c1ccc(F)cc1F.Cl. The predicted octanol–water partition coefficient (Wildman–Crippen LogP) is 1.82. The number of carbonyl (C=O) groups excluding carboxylic acids is 2. The molecular formula is C16H22ClF2N3O2. The lowest BCUT2D eigenvalue weighted by atomic mass is 10.0. The largest absolute Gasteiger partial charge is 0.354 e. The van der Waals surface area contributed by atoms with Crippen LogP contribution >= 0.6 is 12.4 Å². The maximum Gasteiger partial charge on any atom is 0.222 e. The highest BCUT2D eigenvalue weighted by Crippen LogP contribution is 2.21. The maximum atomic E-state index is 13.9. The van der Waals surface area contributed by atoms with Crippen LogP contribution in [0.1, 0.15) is 37.8 Å². The van der Waals surface area contributed by atoms with E-state index < -0.39 is 17.7 Å². The molecule has 8 heteroatoms. The van der Waals surface area contributed by atoms with Crippen molar-refractivity contribution in [1.29, 1.82) is 0 Å². The van der Waals surface area contributed by atoms with Crippen molar-refractivity contribution in [2.24, 2.45) is 0 Å². The molecule has 0 bridgehead atoms. The fourth-order valence-electron chi connectivity index (χ4n) is 2.69. The van der Waals surface area contributed by atoms with Crippen molar-refractivity contribution in [3.05, 3.63) is 35.4 Å². The highest BCUT2D eigenvalue weighted by atomic mass is 35.5. The van der Waals surface area contributed by atoms with Gasteiger partial charge in [-0.15, -0.1) is 12.4 Å². The van der Waals surface area contributed by atoms with Gasteiger partial charge in [0.15, 0.2) is 0 Å². The Labute approximate surface area is 146 Å². The monoisotopic (exact) mass is 361 g/mol. The third kappa shape index (κ3) is 6.05. The summed E-state index contributed by atoms with van der Waals surface area (Å²) in [7, 11) is 0. The summed E-state index contributed by atoms with van der Waals surface area (Å²) in [5.41, 5.74) is 0.0933. The molecule has 1 aliphatic rings. The fourth-order valence-corrected chi connectivity index (χ4v) is 2.69. The maximum absolute atomic E-state index is 13.9. The molecule has 0 saturated carbocycles. The number of carbonyl (C=O) groups is 2. The highest BCUT2D eigenvalue weighted by Gasteiger charge is 2.22. The van der Waals surface area contributed by atoms with Crippen LogP contribution in [0.3, 0.4) is 0 Å². The second-order valence-corrected chi connectivity index (χ2v) is 5.72. The molecule has 1 aromatic rings. The average Bonchev–Trinajstić information content (AvgIpc) is 2.97. The quantitative estimate of drug-likeness (QED) is 0.724. The van der Waals surface area contributed by atoms with E-state index in [1.165, 1.54) is 13.0 Å². The average molecular weight is 362 g/mol. The van der Waals surface area contributed by atoms with Crippen LogP contribution in [0.25, 0.3) is 0 Å². The summed E-state index contributed by atoms with van der Waals surface area (Å²) in [6.45, 7) is 2.72. The molecule has 0 radical (unpaired) electrons. The van der Waals surface area contributed by atoms with E-state index in [0.717, 1.165) is 31.5 Å². The van der Waals surface area contributed by atoms with Crippen LogP contribution in [0.15, 0.2) is 18.2 Å². The molecule has 1 heterocycles. The van der Waals surface area contributed by atoms with Crippen LogP contribution in [0.5, 0.6) is 0 Å². The molecule has 3 N–H and O–H groups in total. The zero-order chi connectivity index (χ0) is 16.8. The van der Waals surface area contributed by atoms with E-state index in [1.807, 2.05) is 0 Å². The van der Waals surface area contributed by atoms with Gasteiger partial charge in [-0.3, -0.25) is 9.59 Å². The molecular weight excluding hydrogens is 340 g/mol. The van der Waals surface area contributed by atoms with Crippen LogP contribution in [0.2, 0.25) is 0 Å². The van der Waals surface area contributed by atoms with Gasteiger partial charge in [0, 0.05) is 31.1 Å². The molecule has 1 saturated heterocycles. The smallest absolute Gasteiger partial charge is 0.222 e. The van der Waals surface area contributed by atoms with Crippen LogP contribution in [-0.4, -0.2) is 30.9 Å². The van der Waals surface area contributed by atoms with Gasteiger partial charge in [0.05, 0.1) is 12.5 Å². The Hall–Kier alpha value is -1.73. The van der Waals surface area contributed by atoms with E-state index >= 15 is 0 Å². The number of amides is 2. The topological polar surface area (TPSA) is 70.2 Å². The summed E-state index contributed by atoms with van der Waals surface area (Å²) in [6, 6.07) is 2.51. The van der Waals surface area contributed by atoms with Gasteiger partial charge in [-0.1, -0.05) is 6.07 Å². The van der Waals surface area contributed by atoms with Crippen molar-refractivity contribution < 1.29 is 18.4 Å². The van der Waals surface area contributed by atoms with Crippen molar-refractivity contribution in [3.8, 4) is 0 Å². The summed E-state index contributed by atoms with van der Waals surface area (Å²) in [5, 5.41) is 8.58. The summed E-state index contributed by atoms with van der Waals surface area (Å²) in [6.07, 6.45) is 1.98. The molecule has 5 nitrogen and oxygen atoms in total. The van der Waals surface area contributed by atoms with Crippen LogP contribution in [0.4, 0.5) is 8.78 Å². The van der Waals surface area contributed by atoms with Crippen molar-refractivity contribution in [2.45, 2.75) is 38.3 Å². The van der Waals surface area contributed by atoms with E-state index in [1.54, 1.807) is 0 Å². The Bertz CT molecular complexity index is 580. The molecule has 1 aromatic carbocycles. The molecule has 2 amide bonds. The van der Waals surface area contributed by atoms with E-state index in [-0.39, 0.29) is 42.2 Å². The Morgan fingerprint density at radius 2 is 2.12 bits per heavy atom. The van der Waals surface area contributed by atoms with Crippen molar-refractivity contribution in [2.75, 3.05) is 13.1 Å². The van der Waals surface area contributed by atoms with Crippen molar-refractivity contribution in [3.63, 3.8) is 0 Å². The van der Waals surface area contributed by atoms with Crippen LogP contribution < -0.4 is 16.0 Å². The number of nitrogens with one attached hydrogen (secondary N) is 3. The number of halogens is 3.